The predicted octanol–water partition coefficient (Wildman–Crippen LogP) is 2.32. The van der Waals surface area contributed by atoms with Gasteiger partial charge in [0.2, 0.25) is 0 Å². The average Bonchev–Trinajstić information content (AvgIpc) is 3.18. The molecule has 19 heavy (non-hydrogen) atoms. The van der Waals surface area contributed by atoms with Crippen LogP contribution in [-0.4, -0.2) is 38.0 Å². The van der Waals surface area contributed by atoms with E-state index in [9.17, 15) is 0 Å². The first-order valence-corrected chi connectivity index (χ1v) is 7.29. The van der Waals surface area contributed by atoms with E-state index in [4.69, 9.17) is 9.47 Å². The highest BCUT2D eigenvalue weighted by Crippen LogP contribution is 2.42. The van der Waals surface area contributed by atoms with Gasteiger partial charge in [-0.1, -0.05) is 30.3 Å². The molecule has 0 spiro atoms. The maximum atomic E-state index is 5.66. The van der Waals surface area contributed by atoms with Crippen LogP contribution in [0.3, 0.4) is 0 Å². The van der Waals surface area contributed by atoms with Crippen molar-refractivity contribution in [2.75, 3.05) is 13.7 Å². The lowest BCUT2D eigenvalue weighted by molar-refractivity contribution is -0.131. The molecule has 0 aliphatic heterocycles. The molecule has 104 valence electrons. The molecule has 2 aliphatic carbocycles. The van der Waals surface area contributed by atoms with Gasteiger partial charge in [0.25, 0.3) is 0 Å². The number of hydrogen-bond acceptors (Lipinski definition) is 3. The highest BCUT2D eigenvalue weighted by molar-refractivity contribution is 5.28. The second kappa shape index (κ2) is 5.61. The minimum atomic E-state index is 0.219. The van der Waals surface area contributed by atoms with E-state index in [1.54, 1.807) is 7.11 Å². The van der Waals surface area contributed by atoms with Gasteiger partial charge < -0.3 is 14.8 Å². The van der Waals surface area contributed by atoms with Crippen LogP contribution in [0.4, 0.5) is 0 Å². The fourth-order valence-corrected chi connectivity index (χ4v) is 3.16. The zero-order chi connectivity index (χ0) is 13.2. The zero-order valence-electron chi connectivity index (χ0n) is 11.7. The molecule has 5 unspecified atom stereocenters. The summed E-state index contributed by atoms with van der Waals surface area (Å²) in [6.45, 7) is 2.81. The predicted molar refractivity (Wildman–Crippen MR) is 75.3 cm³/mol. The molecule has 3 rings (SSSR count). The first-order valence-electron chi connectivity index (χ1n) is 7.29. The monoisotopic (exact) mass is 261 g/mol. The molecule has 0 aromatic heterocycles. The van der Waals surface area contributed by atoms with E-state index in [1.165, 1.54) is 12.0 Å². The van der Waals surface area contributed by atoms with Crippen LogP contribution < -0.4 is 5.32 Å². The normalized spacial score (nSPS) is 36.8. The molecule has 0 radical (unpaired) electrons. The van der Waals surface area contributed by atoms with Crippen molar-refractivity contribution in [3.05, 3.63) is 35.9 Å². The summed E-state index contributed by atoms with van der Waals surface area (Å²) in [7, 11) is 1.78. The van der Waals surface area contributed by atoms with Gasteiger partial charge in [-0.15, -0.1) is 0 Å². The number of nitrogens with one attached hydrogen (secondary N) is 1. The summed E-state index contributed by atoms with van der Waals surface area (Å²) in [5, 5.41) is 3.72. The fourth-order valence-electron chi connectivity index (χ4n) is 3.16. The molecule has 0 heterocycles. The largest absolute Gasteiger partial charge is 0.377 e. The van der Waals surface area contributed by atoms with Gasteiger partial charge in [-0.05, 0) is 25.3 Å². The summed E-state index contributed by atoms with van der Waals surface area (Å²) in [5.41, 5.74) is 1.45. The number of hydrogen-bond donors (Lipinski definition) is 1. The van der Waals surface area contributed by atoms with Crippen LogP contribution in [0.25, 0.3) is 0 Å². The summed E-state index contributed by atoms with van der Waals surface area (Å²) in [6.07, 6.45) is 2.82. The van der Waals surface area contributed by atoms with Crippen LogP contribution >= 0.6 is 0 Å². The molecule has 5 atom stereocenters. The Morgan fingerprint density at radius 2 is 1.95 bits per heavy atom. The van der Waals surface area contributed by atoms with Crippen LogP contribution in [0, 0.1) is 0 Å². The Kier molecular flexibility index (Phi) is 3.87. The van der Waals surface area contributed by atoms with E-state index in [0.29, 0.717) is 18.0 Å². The van der Waals surface area contributed by atoms with Crippen molar-refractivity contribution in [2.45, 2.75) is 50.0 Å². The summed E-state index contributed by atoms with van der Waals surface area (Å²) >= 11 is 0. The van der Waals surface area contributed by atoms with Gasteiger partial charge in [-0.25, -0.2) is 0 Å². The standard InChI is InChI=1S/C16H23NO2/c1-3-19-15-10-14(16(15)18-2)17-13-9-12(13)11-7-5-4-6-8-11/h4-8,12-17H,3,9-10H2,1-2H3. The molecule has 1 aromatic rings. The van der Waals surface area contributed by atoms with E-state index < -0.39 is 0 Å². The summed E-state index contributed by atoms with van der Waals surface area (Å²) in [4.78, 5) is 0. The van der Waals surface area contributed by atoms with Crippen molar-refractivity contribution < 1.29 is 9.47 Å². The first-order chi connectivity index (χ1) is 9.33. The lowest BCUT2D eigenvalue weighted by Crippen LogP contribution is -2.60. The third-order valence-electron chi connectivity index (χ3n) is 4.35. The lowest BCUT2D eigenvalue weighted by Gasteiger charge is -2.43. The Morgan fingerprint density at radius 1 is 1.16 bits per heavy atom. The van der Waals surface area contributed by atoms with Gasteiger partial charge in [0.1, 0.15) is 0 Å². The lowest BCUT2D eigenvalue weighted by atomic mass is 9.85. The molecular formula is C16H23NO2. The minimum Gasteiger partial charge on any atom is -0.377 e. The third kappa shape index (κ3) is 2.69. The third-order valence-corrected chi connectivity index (χ3v) is 4.35. The summed E-state index contributed by atoms with van der Waals surface area (Å²) < 4.78 is 11.2. The number of benzene rings is 1. The molecule has 2 saturated carbocycles. The SMILES string of the molecule is CCOC1CC(NC2CC2c2ccccc2)C1OC. The summed E-state index contributed by atoms with van der Waals surface area (Å²) in [5.74, 6) is 0.685. The number of rotatable bonds is 6. The Bertz CT molecular complexity index is 408. The molecule has 0 amide bonds. The van der Waals surface area contributed by atoms with Crippen LogP contribution in [0.2, 0.25) is 0 Å². The van der Waals surface area contributed by atoms with E-state index in [2.05, 4.69) is 35.6 Å². The number of methoxy groups -OCH3 is 1. The van der Waals surface area contributed by atoms with Gasteiger partial charge in [0, 0.05) is 31.7 Å². The highest BCUT2D eigenvalue weighted by Gasteiger charge is 2.47. The second-order valence-corrected chi connectivity index (χ2v) is 5.56. The van der Waals surface area contributed by atoms with Crippen LogP contribution in [0.1, 0.15) is 31.2 Å². The quantitative estimate of drug-likeness (QED) is 0.852. The van der Waals surface area contributed by atoms with Crippen molar-refractivity contribution in [3.8, 4) is 0 Å². The maximum absolute atomic E-state index is 5.66. The van der Waals surface area contributed by atoms with Gasteiger partial charge in [0.05, 0.1) is 12.2 Å². The molecule has 0 saturated heterocycles. The Morgan fingerprint density at radius 3 is 2.63 bits per heavy atom. The highest BCUT2D eigenvalue weighted by atomic mass is 16.5. The Labute approximate surface area is 115 Å². The first kappa shape index (κ1) is 13.1. The maximum Gasteiger partial charge on any atom is 0.0986 e. The zero-order valence-corrected chi connectivity index (χ0v) is 11.7. The molecule has 2 aliphatic rings. The molecule has 3 heteroatoms. The van der Waals surface area contributed by atoms with Gasteiger partial charge in [0.15, 0.2) is 0 Å². The molecule has 1 N–H and O–H groups in total. The van der Waals surface area contributed by atoms with Crippen molar-refractivity contribution in [2.24, 2.45) is 0 Å². The van der Waals surface area contributed by atoms with Crippen molar-refractivity contribution in [3.63, 3.8) is 0 Å². The van der Waals surface area contributed by atoms with E-state index in [0.717, 1.165) is 13.0 Å². The van der Waals surface area contributed by atoms with Crippen molar-refractivity contribution in [1.29, 1.82) is 0 Å². The summed E-state index contributed by atoms with van der Waals surface area (Å²) in [6, 6.07) is 11.9. The van der Waals surface area contributed by atoms with Gasteiger partial charge in [-0.3, -0.25) is 0 Å². The van der Waals surface area contributed by atoms with Crippen LogP contribution in [-0.2, 0) is 9.47 Å². The van der Waals surface area contributed by atoms with Crippen LogP contribution in [0.15, 0.2) is 30.3 Å². The van der Waals surface area contributed by atoms with E-state index in [1.807, 2.05) is 6.92 Å². The minimum absolute atomic E-state index is 0.219. The second-order valence-electron chi connectivity index (χ2n) is 5.56. The average molecular weight is 261 g/mol. The van der Waals surface area contributed by atoms with Crippen LogP contribution in [0.5, 0.6) is 0 Å². The number of ether oxygens (including phenoxy) is 2. The molecule has 3 nitrogen and oxygen atoms in total. The van der Waals surface area contributed by atoms with Crippen molar-refractivity contribution in [1.82, 2.24) is 5.32 Å². The molecular weight excluding hydrogens is 238 g/mol. The van der Waals surface area contributed by atoms with Gasteiger partial charge in [-0.2, -0.15) is 0 Å². The van der Waals surface area contributed by atoms with E-state index >= 15 is 0 Å². The topological polar surface area (TPSA) is 30.5 Å². The molecule has 2 fully saturated rings. The Balaban J connectivity index is 1.49. The smallest absolute Gasteiger partial charge is 0.0986 e. The molecule has 0 bridgehead atoms. The molecule has 1 aromatic carbocycles. The Hall–Kier alpha value is -0.900. The van der Waals surface area contributed by atoms with Crippen molar-refractivity contribution >= 4 is 0 Å². The van der Waals surface area contributed by atoms with Gasteiger partial charge >= 0.3 is 0 Å². The fraction of sp³-hybridized carbons (Fsp3) is 0.625. The van der Waals surface area contributed by atoms with E-state index in [-0.39, 0.29) is 12.2 Å².